The summed E-state index contributed by atoms with van der Waals surface area (Å²) in [5.74, 6) is -0.0206. The molecule has 0 aliphatic heterocycles. The van der Waals surface area contributed by atoms with Crippen molar-refractivity contribution in [2.45, 2.75) is 18.9 Å². The molecule has 0 bridgehead atoms. The Bertz CT molecular complexity index is 823. The van der Waals surface area contributed by atoms with Gasteiger partial charge in [0.25, 0.3) is 0 Å². The Balaban J connectivity index is 1.36. The summed E-state index contributed by atoms with van der Waals surface area (Å²) in [6, 6.07) is 12.2. The molecule has 2 heterocycles. The van der Waals surface area contributed by atoms with E-state index in [1.165, 1.54) is 12.1 Å². The standard InChI is InChI=1S/C18H16FN3O/c19-13-6-4-12(5-7-13)15-9-16(15)18(23)20-10-14-11-22-8-2-1-3-17(22)21-14/h1-8,11,15-16H,9-10H2,(H,20,23)/t15-,16+/m1/s1. The minimum absolute atomic E-state index is 0.0162. The Morgan fingerprint density at radius 1 is 1.26 bits per heavy atom. The maximum Gasteiger partial charge on any atom is 0.224 e. The molecule has 3 aromatic rings. The van der Waals surface area contributed by atoms with E-state index in [2.05, 4.69) is 10.3 Å². The first kappa shape index (κ1) is 13.9. The average molecular weight is 309 g/mol. The Morgan fingerprint density at radius 2 is 2.09 bits per heavy atom. The zero-order valence-electron chi connectivity index (χ0n) is 12.4. The van der Waals surface area contributed by atoms with Gasteiger partial charge in [-0.2, -0.15) is 0 Å². The second kappa shape index (κ2) is 5.50. The zero-order valence-corrected chi connectivity index (χ0v) is 12.4. The number of aromatic nitrogens is 2. The van der Waals surface area contributed by atoms with Crippen LogP contribution in [0.15, 0.2) is 54.9 Å². The summed E-state index contributed by atoms with van der Waals surface area (Å²) in [7, 11) is 0. The topological polar surface area (TPSA) is 46.4 Å². The van der Waals surface area contributed by atoms with Crippen molar-refractivity contribution in [3.8, 4) is 0 Å². The molecule has 5 heteroatoms. The lowest BCUT2D eigenvalue weighted by Gasteiger charge is -2.03. The number of amides is 1. The highest BCUT2D eigenvalue weighted by atomic mass is 19.1. The van der Waals surface area contributed by atoms with Crippen molar-refractivity contribution in [2.75, 3.05) is 0 Å². The Kier molecular flexibility index (Phi) is 3.33. The molecule has 1 aliphatic rings. The van der Waals surface area contributed by atoms with Gasteiger partial charge in [-0.25, -0.2) is 9.37 Å². The first-order chi connectivity index (χ1) is 11.2. The monoisotopic (exact) mass is 309 g/mol. The minimum atomic E-state index is -0.248. The summed E-state index contributed by atoms with van der Waals surface area (Å²) in [6.45, 7) is 0.424. The van der Waals surface area contributed by atoms with E-state index in [-0.39, 0.29) is 23.6 Å². The number of nitrogens with zero attached hydrogens (tertiary/aromatic N) is 2. The summed E-state index contributed by atoms with van der Waals surface area (Å²) >= 11 is 0. The van der Waals surface area contributed by atoms with Crippen LogP contribution in [0.5, 0.6) is 0 Å². The van der Waals surface area contributed by atoms with E-state index in [1.807, 2.05) is 35.0 Å². The smallest absolute Gasteiger partial charge is 0.224 e. The molecule has 2 atom stereocenters. The molecular weight excluding hydrogens is 293 g/mol. The second-order valence-electron chi connectivity index (χ2n) is 5.92. The van der Waals surface area contributed by atoms with Crippen molar-refractivity contribution >= 4 is 11.6 Å². The van der Waals surface area contributed by atoms with Gasteiger partial charge in [0.05, 0.1) is 12.2 Å². The van der Waals surface area contributed by atoms with Gasteiger partial charge in [-0.05, 0) is 42.2 Å². The van der Waals surface area contributed by atoms with Crippen molar-refractivity contribution in [1.29, 1.82) is 0 Å². The summed E-state index contributed by atoms with van der Waals surface area (Å²) in [6.07, 6.45) is 4.67. The molecule has 0 unspecified atom stereocenters. The van der Waals surface area contributed by atoms with E-state index in [4.69, 9.17) is 0 Å². The van der Waals surface area contributed by atoms with Gasteiger partial charge in [-0.15, -0.1) is 0 Å². The van der Waals surface area contributed by atoms with Crippen molar-refractivity contribution in [1.82, 2.24) is 14.7 Å². The fourth-order valence-corrected chi connectivity index (χ4v) is 2.94. The number of rotatable bonds is 4. The molecular formula is C18H16FN3O. The third kappa shape index (κ3) is 2.82. The van der Waals surface area contributed by atoms with E-state index in [9.17, 15) is 9.18 Å². The Hall–Kier alpha value is -2.69. The minimum Gasteiger partial charge on any atom is -0.350 e. The predicted molar refractivity (Wildman–Crippen MR) is 84.3 cm³/mol. The molecule has 1 amide bonds. The van der Waals surface area contributed by atoms with Crippen LogP contribution in [0.1, 0.15) is 23.6 Å². The number of halogens is 1. The highest BCUT2D eigenvalue weighted by Gasteiger charge is 2.43. The van der Waals surface area contributed by atoms with Crippen LogP contribution in [0.2, 0.25) is 0 Å². The van der Waals surface area contributed by atoms with Crippen molar-refractivity contribution in [3.63, 3.8) is 0 Å². The van der Waals surface area contributed by atoms with Crippen LogP contribution in [0, 0.1) is 11.7 Å². The lowest BCUT2D eigenvalue weighted by Crippen LogP contribution is -2.25. The van der Waals surface area contributed by atoms with Gasteiger partial charge in [0.2, 0.25) is 5.91 Å². The molecule has 1 saturated carbocycles. The van der Waals surface area contributed by atoms with Crippen molar-refractivity contribution in [2.24, 2.45) is 5.92 Å². The van der Waals surface area contributed by atoms with Crippen LogP contribution in [-0.2, 0) is 11.3 Å². The molecule has 1 N–H and O–H groups in total. The summed E-state index contributed by atoms with van der Waals surface area (Å²) in [5, 5.41) is 2.94. The number of hydrogen-bond acceptors (Lipinski definition) is 2. The van der Waals surface area contributed by atoms with Gasteiger partial charge < -0.3 is 9.72 Å². The summed E-state index contributed by atoms with van der Waals surface area (Å²) in [5.41, 5.74) is 2.73. The lowest BCUT2D eigenvalue weighted by molar-refractivity contribution is -0.122. The van der Waals surface area contributed by atoms with E-state index in [0.717, 1.165) is 23.3 Å². The fraction of sp³-hybridized carbons (Fsp3) is 0.222. The highest BCUT2D eigenvalue weighted by molar-refractivity contribution is 5.82. The van der Waals surface area contributed by atoms with Gasteiger partial charge in [0.15, 0.2) is 0 Å². The van der Waals surface area contributed by atoms with Gasteiger partial charge >= 0.3 is 0 Å². The van der Waals surface area contributed by atoms with Crippen LogP contribution in [-0.4, -0.2) is 15.3 Å². The molecule has 0 spiro atoms. The molecule has 1 aliphatic carbocycles. The largest absolute Gasteiger partial charge is 0.350 e. The van der Waals surface area contributed by atoms with E-state index >= 15 is 0 Å². The molecule has 0 saturated heterocycles. The first-order valence-electron chi connectivity index (χ1n) is 7.66. The molecule has 1 fully saturated rings. The number of nitrogens with one attached hydrogen (secondary N) is 1. The Labute approximate surface area is 133 Å². The SMILES string of the molecule is O=C(NCc1cn2ccccc2n1)[C@H]1C[C@@H]1c1ccc(F)cc1. The van der Waals surface area contributed by atoms with Crippen LogP contribution >= 0.6 is 0 Å². The summed E-state index contributed by atoms with van der Waals surface area (Å²) in [4.78, 5) is 16.7. The zero-order chi connectivity index (χ0) is 15.8. The second-order valence-corrected chi connectivity index (χ2v) is 5.92. The van der Waals surface area contributed by atoms with Crippen LogP contribution in [0.3, 0.4) is 0 Å². The molecule has 23 heavy (non-hydrogen) atoms. The number of hydrogen-bond donors (Lipinski definition) is 1. The third-order valence-electron chi connectivity index (χ3n) is 4.28. The number of carbonyl (C=O) groups excluding carboxylic acids is 1. The summed E-state index contributed by atoms with van der Waals surface area (Å²) < 4.78 is 14.9. The number of pyridine rings is 1. The molecule has 2 aromatic heterocycles. The van der Waals surface area contributed by atoms with Crippen molar-refractivity contribution < 1.29 is 9.18 Å². The molecule has 4 nitrogen and oxygen atoms in total. The molecule has 1 aromatic carbocycles. The highest BCUT2D eigenvalue weighted by Crippen LogP contribution is 2.47. The van der Waals surface area contributed by atoms with Crippen molar-refractivity contribution in [3.05, 3.63) is 71.9 Å². The van der Waals surface area contributed by atoms with E-state index in [0.29, 0.717) is 6.54 Å². The fourth-order valence-electron chi connectivity index (χ4n) is 2.94. The molecule has 116 valence electrons. The third-order valence-corrected chi connectivity index (χ3v) is 4.28. The van der Waals surface area contributed by atoms with Gasteiger partial charge in [-0.3, -0.25) is 4.79 Å². The maximum atomic E-state index is 12.9. The molecule has 0 radical (unpaired) electrons. The number of carbonyl (C=O) groups is 1. The Morgan fingerprint density at radius 3 is 2.87 bits per heavy atom. The molecule has 4 rings (SSSR count). The van der Waals surface area contributed by atoms with E-state index in [1.54, 1.807) is 12.1 Å². The lowest BCUT2D eigenvalue weighted by atomic mass is 10.1. The van der Waals surface area contributed by atoms with Gasteiger partial charge in [0.1, 0.15) is 11.5 Å². The predicted octanol–water partition coefficient (Wildman–Crippen LogP) is 2.89. The van der Waals surface area contributed by atoms with Crippen LogP contribution in [0.4, 0.5) is 4.39 Å². The van der Waals surface area contributed by atoms with E-state index < -0.39 is 0 Å². The van der Waals surface area contributed by atoms with Crippen LogP contribution < -0.4 is 5.32 Å². The van der Waals surface area contributed by atoms with Gasteiger partial charge in [-0.1, -0.05) is 18.2 Å². The maximum absolute atomic E-state index is 12.9. The average Bonchev–Trinajstić information content (AvgIpc) is 3.25. The first-order valence-corrected chi connectivity index (χ1v) is 7.66. The number of fused-ring (bicyclic) bond motifs is 1. The van der Waals surface area contributed by atoms with Gasteiger partial charge in [0, 0.05) is 18.3 Å². The quantitative estimate of drug-likeness (QED) is 0.805. The van der Waals surface area contributed by atoms with Crippen LogP contribution in [0.25, 0.3) is 5.65 Å². The number of benzene rings is 1. The normalized spacial score (nSPS) is 19.7. The number of imidazole rings is 1.